The van der Waals surface area contributed by atoms with Crippen LogP contribution in [0.25, 0.3) is 0 Å². The lowest BCUT2D eigenvalue weighted by molar-refractivity contribution is 0.455. The lowest BCUT2D eigenvalue weighted by atomic mass is 9.95. The van der Waals surface area contributed by atoms with Crippen LogP contribution >= 0.6 is 11.3 Å². The summed E-state index contributed by atoms with van der Waals surface area (Å²) in [6.45, 7) is 4.32. The van der Waals surface area contributed by atoms with Crippen LogP contribution in [-0.4, -0.2) is 10.8 Å². The van der Waals surface area contributed by atoms with Gasteiger partial charge in [0.25, 0.3) is 0 Å². The van der Waals surface area contributed by atoms with E-state index in [9.17, 15) is 5.11 Å². The molecular formula is C16H18N2OS. The minimum absolute atomic E-state index is 0.0609. The lowest BCUT2D eigenvalue weighted by Gasteiger charge is -2.15. The predicted molar refractivity (Wildman–Crippen MR) is 83.5 cm³/mol. The van der Waals surface area contributed by atoms with Gasteiger partial charge in [-0.25, -0.2) is 0 Å². The number of hydrogen-bond donors (Lipinski definition) is 2. The molecule has 1 aliphatic rings. The highest BCUT2D eigenvalue weighted by atomic mass is 32.1. The van der Waals surface area contributed by atoms with Crippen LogP contribution in [0.3, 0.4) is 0 Å². The van der Waals surface area contributed by atoms with Gasteiger partial charge in [0.05, 0.1) is 16.6 Å². The average Bonchev–Trinajstić information content (AvgIpc) is 3.10. The number of nitrogens with zero attached hydrogens (tertiary/aromatic N) is 1. The maximum absolute atomic E-state index is 10.1. The van der Waals surface area contributed by atoms with Crippen molar-refractivity contribution in [1.82, 2.24) is 5.43 Å². The summed E-state index contributed by atoms with van der Waals surface area (Å²) in [6, 6.07) is 10.0. The SMILES string of the molecule is CC(C)c1ccc(O)c(C2CC(c3cccs3)=NN2)c1. The van der Waals surface area contributed by atoms with Crippen LogP contribution < -0.4 is 5.43 Å². The molecule has 0 spiro atoms. The monoisotopic (exact) mass is 286 g/mol. The molecular weight excluding hydrogens is 268 g/mol. The van der Waals surface area contributed by atoms with Gasteiger partial charge in [0.1, 0.15) is 5.75 Å². The van der Waals surface area contributed by atoms with Gasteiger partial charge in [-0.2, -0.15) is 5.10 Å². The summed E-state index contributed by atoms with van der Waals surface area (Å²) in [7, 11) is 0. The third-order valence-electron chi connectivity index (χ3n) is 3.65. The van der Waals surface area contributed by atoms with E-state index in [-0.39, 0.29) is 6.04 Å². The van der Waals surface area contributed by atoms with Crippen LogP contribution in [0.4, 0.5) is 0 Å². The lowest BCUT2D eigenvalue weighted by Crippen LogP contribution is -2.10. The van der Waals surface area contributed by atoms with Crippen molar-refractivity contribution < 1.29 is 5.11 Å². The fourth-order valence-electron chi connectivity index (χ4n) is 2.43. The summed E-state index contributed by atoms with van der Waals surface area (Å²) >= 11 is 1.70. The van der Waals surface area contributed by atoms with E-state index < -0.39 is 0 Å². The van der Waals surface area contributed by atoms with Crippen LogP contribution in [0, 0.1) is 0 Å². The molecule has 0 saturated heterocycles. The number of aromatic hydroxyl groups is 1. The molecule has 0 bridgehead atoms. The Morgan fingerprint density at radius 1 is 1.35 bits per heavy atom. The van der Waals surface area contributed by atoms with E-state index in [1.807, 2.05) is 12.1 Å². The highest BCUT2D eigenvalue weighted by Crippen LogP contribution is 2.33. The molecule has 0 fully saturated rings. The van der Waals surface area contributed by atoms with Crippen LogP contribution in [0.15, 0.2) is 40.8 Å². The molecule has 20 heavy (non-hydrogen) atoms. The molecule has 3 nitrogen and oxygen atoms in total. The van der Waals surface area contributed by atoms with Crippen molar-refractivity contribution in [3.63, 3.8) is 0 Å². The van der Waals surface area contributed by atoms with Crippen molar-refractivity contribution in [3.05, 3.63) is 51.7 Å². The van der Waals surface area contributed by atoms with Crippen molar-refractivity contribution in [1.29, 1.82) is 0 Å². The van der Waals surface area contributed by atoms with E-state index >= 15 is 0 Å². The van der Waals surface area contributed by atoms with Crippen molar-refractivity contribution in [2.45, 2.75) is 32.2 Å². The first kappa shape index (κ1) is 13.2. The van der Waals surface area contributed by atoms with E-state index in [2.05, 4.69) is 41.9 Å². The minimum Gasteiger partial charge on any atom is -0.508 e. The molecule has 3 rings (SSSR count). The van der Waals surface area contributed by atoms with Crippen molar-refractivity contribution in [3.8, 4) is 5.75 Å². The second kappa shape index (κ2) is 5.29. The molecule has 1 atom stereocenters. The Hall–Kier alpha value is -1.81. The molecule has 2 aromatic rings. The van der Waals surface area contributed by atoms with Crippen molar-refractivity contribution in [2.75, 3.05) is 0 Å². The zero-order valence-corrected chi connectivity index (χ0v) is 12.4. The number of hydrazone groups is 1. The number of thiophene rings is 1. The molecule has 0 amide bonds. The summed E-state index contributed by atoms with van der Waals surface area (Å²) in [5.41, 5.74) is 6.40. The van der Waals surface area contributed by atoms with Gasteiger partial charge in [-0.1, -0.05) is 26.0 Å². The van der Waals surface area contributed by atoms with E-state index in [0.717, 1.165) is 17.7 Å². The number of nitrogens with one attached hydrogen (secondary N) is 1. The largest absolute Gasteiger partial charge is 0.508 e. The van der Waals surface area contributed by atoms with Gasteiger partial charge in [-0.05, 0) is 35.1 Å². The van der Waals surface area contributed by atoms with Crippen molar-refractivity contribution >= 4 is 17.0 Å². The van der Waals surface area contributed by atoms with E-state index in [4.69, 9.17) is 0 Å². The maximum Gasteiger partial charge on any atom is 0.120 e. The minimum atomic E-state index is 0.0609. The highest BCUT2D eigenvalue weighted by molar-refractivity contribution is 7.12. The summed E-state index contributed by atoms with van der Waals surface area (Å²) < 4.78 is 0. The first-order valence-electron chi connectivity index (χ1n) is 6.84. The maximum atomic E-state index is 10.1. The van der Waals surface area contributed by atoms with Gasteiger partial charge < -0.3 is 10.5 Å². The number of phenolic OH excluding ortho intramolecular Hbond substituents is 1. The smallest absolute Gasteiger partial charge is 0.120 e. The molecule has 0 saturated carbocycles. The first-order valence-corrected chi connectivity index (χ1v) is 7.72. The molecule has 4 heteroatoms. The number of benzene rings is 1. The second-order valence-corrected chi connectivity index (χ2v) is 6.34. The van der Waals surface area contributed by atoms with Crippen molar-refractivity contribution in [2.24, 2.45) is 5.10 Å². The number of rotatable bonds is 3. The topological polar surface area (TPSA) is 44.6 Å². The van der Waals surface area contributed by atoms with Gasteiger partial charge >= 0.3 is 0 Å². The molecule has 1 unspecified atom stereocenters. The van der Waals surface area contributed by atoms with Crippen LogP contribution in [-0.2, 0) is 0 Å². The molecule has 0 aliphatic carbocycles. The molecule has 1 aliphatic heterocycles. The Balaban J connectivity index is 1.84. The molecule has 0 radical (unpaired) electrons. The van der Waals surface area contributed by atoms with E-state index in [1.54, 1.807) is 17.4 Å². The summed E-state index contributed by atoms with van der Waals surface area (Å²) in [6.07, 6.45) is 0.815. The Bertz CT molecular complexity index is 632. The van der Waals surface area contributed by atoms with Gasteiger partial charge in [0.2, 0.25) is 0 Å². The molecule has 104 valence electrons. The first-order chi connectivity index (χ1) is 9.65. The van der Waals surface area contributed by atoms with Gasteiger partial charge in [-0.3, -0.25) is 0 Å². The fraction of sp³-hybridized carbons (Fsp3) is 0.312. The molecule has 2 N–H and O–H groups in total. The summed E-state index contributed by atoms with van der Waals surface area (Å²) in [5, 5.41) is 16.6. The van der Waals surface area contributed by atoms with Crippen LogP contribution in [0.5, 0.6) is 5.75 Å². The molecule has 2 heterocycles. The Morgan fingerprint density at radius 3 is 2.90 bits per heavy atom. The zero-order valence-electron chi connectivity index (χ0n) is 11.6. The second-order valence-electron chi connectivity index (χ2n) is 5.39. The van der Waals surface area contributed by atoms with Gasteiger partial charge in [-0.15, -0.1) is 11.3 Å². The summed E-state index contributed by atoms with van der Waals surface area (Å²) in [4.78, 5) is 1.19. The number of phenols is 1. The normalized spacial score (nSPS) is 18.1. The van der Waals surface area contributed by atoms with Gasteiger partial charge in [0, 0.05) is 12.0 Å². The number of hydrogen-bond acceptors (Lipinski definition) is 4. The highest BCUT2D eigenvalue weighted by Gasteiger charge is 2.24. The summed E-state index contributed by atoms with van der Waals surface area (Å²) in [5.74, 6) is 0.794. The van der Waals surface area contributed by atoms with Crippen LogP contribution in [0.1, 0.15) is 48.2 Å². The predicted octanol–water partition coefficient (Wildman–Crippen LogP) is 4.02. The average molecular weight is 286 g/mol. The van der Waals surface area contributed by atoms with E-state index in [1.165, 1.54) is 10.4 Å². The third kappa shape index (κ3) is 2.43. The van der Waals surface area contributed by atoms with E-state index in [0.29, 0.717) is 11.7 Å². The van der Waals surface area contributed by atoms with Gasteiger partial charge in [0.15, 0.2) is 0 Å². The standard InChI is InChI=1S/C16H18N2OS/c1-10(2)11-5-6-15(19)12(8-11)13-9-14(18-17-13)16-4-3-7-20-16/h3-8,10,13,17,19H,9H2,1-2H3. The zero-order chi connectivity index (χ0) is 14.1. The molecule has 1 aromatic heterocycles. The quantitative estimate of drug-likeness (QED) is 0.895. The Kier molecular flexibility index (Phi) is 3.49. The Labute approximate surface area is 123 Å². The molecule has 1 aromatic carbocycles. The Morgan fingerprint density at radius 2 is 2.20 bits per heavy atom. The third-order valence-corrected chi connectivity index (χ3v) is 4.57. The van der Waals surface area contributed by atoms with Crippen LogP contribution in [0.2, 0.25) is 0 Å². The fourth-order valence-corrected chi connectivity index (χ4v) is 3.16.